The first-order valence-electron chi connectivity index (χ1n) is 5.98. The molecule has 0 aliphatic heterocycles. The number of sulfonamides is 1. The van der Waals surface area contributed by atoms with Gasteiger partial charge in [0.05, 0.1) is 5.69 Å². The zero-order valence-corrected chi connectivity index (χ0v) is 12.8. The average molecular weight is 324 g/mol. The fourth-order valence-corrected chi connectivity index (χ4v) is 3.34. The molecule has 0 fully saturated rings. The van der Waals surface area contributed by atoms with Crippen molar-refractivity contribution in [3.63, 3.8) is 0 Å². The van der Waals surface area contributed by atoms with Crippen LogP contribution in [0.1, 0.15) is 5.56 Å². The normalized spacial score (nSPS) is 11.1. The SMILES string of the molecule is CN(c1ccccc1C(N)=S)S(=O)(=O)c1ccccc1F. The standard InChI is InChI=1S/C14H13FN2O2S2/c1-17(12-8-4-2-6-10(12)14(16)20)21(18,19)13-9-5-3-7-11(13)15/h2-9H,1H3,(H2,16,20). The Hall–Kier alpha value is -1.99. The monoisotopic (exact) mass is 324 g/mol. The maximum atomic E-state index is 13.8. The molecule has 0 aliphatic rings. The molecule has 0 radical (unpaired) electrons. The Morgan fingerprint density at radius 1 is 1.14 bits per heavy atom. The molecule has 0 atom stereocenters. The third kappa shape index (κ3) is 2.88. The highest BCUT2D eigenvalue weighted by Gasteiger charge is 2.26. The van der Waals surface area contributed by atoms with Gasteiger partial charge in [-0.2, -0.15) is 0 Å². The predicted octanol–water partition coefficient (Wildman–Crippen LogP) is 2.29. The van der Waals surface area contributed by atoms with Crippen molar-refractivity contribution in [1.29, 1.82) is 0 Å². The molecule has 0 bridgehead atoms. The van der Waals surface area contributed by atoms with Crippen LogP contribution in [0.15, 0.2) is 53.4 Å². The number of benzene rings is 2. The number of hydrogen-bond donors (Lipinski definition) is 1. The van der Waals surface area contributed by atoms with E-state index in [1.807, 2.05) is 0 Å². The molecule has 2 aromatic rings. The van der Waals surface area contributed by atoms with Crippen LogP contribution >= 0.6 is 12.2 Å². The molecule has 0 saturated carbocycles. The summed E-state index contributed by atoms with van der Waals surface area (Å²) in [6.07, 6.45) is 0. The van der Waals surface area contributed by atoms with Gasteiger partial charge in [0.1, 0.15) is 15.7 Å². The predicted molar refractivity (Wildman–Crippen MR) is 84.3 cm³/mol. The van der Waals surface area contributed by atoms with Crippen molar-refractivity contribution in [1.82, 2.24) is 0 Å². The fourth-order valence-electron chi connectivity index (χ4n) is 1.89. The third-order valence-corrected chi connectivity index (χ3v) is 5.01. The van der Waals surface area contributed by atoms with E-state index >= 15 is 0 Å². The molecule has 0 spiro atoms. The first kappa shape index (κ1) is 15.4. The highest BCUT2D eigenvalue weighted by atomic mass is 32.2. The number of para-hydroxylation sites is 1. The number of hydrogen-bond acceptors (Lipinski definition) is 3. The van der Waals surface area contributed by atoms with Gasteiger partial charge in [-0.15, -0.1) is 0 Å². The van der Waals surface area contributed by atoms with Gasteiger partial charge in [0.2, 0.25) is 0 Å². The highest BCUT2D eigenvalue weighted by Crippen LogP contribution is 2.26. The van der Waals surface area contributed by atoms with Crippen LogP contribution in [0, 0.1) is 5.82 Å². The van der Waals surface area contributed by atoms with Gasteiger partial charge >= 0.3 is 0 Å². The molecule has 110 valence electrons. The Morgan fingerprint density at radius 2 is 1.71 bits per heavy atom. The largest absolute Gasteiger partial charge is 0.389 e. The number of nitrogens with two attached hydrogens (primary N) is 1. The maximum Gasteiger partial charge on any atom is 0.267 e. The number of halogens is 1. The number of rotatable bonds is 4. The summed E-state index contributed by atoms with van der Waals surface area (Å²) in [4.78, 5) is -0.327. The highest BCUT2D eigenvalue weighted by molar-refractivity contribution is 7.92. The van der Waals surface area contributed by atoms with E-state index < -0.39 is 20.7 Å². The van der Waals surface area contributed by atoms with Crippen LogP contribution in [0.5, 0.6) is 0 Å². The second-order valence-corrected chi connectivity index (χ2v) is 6.66. The Kier molecular flexibility index (Phi) is 4.24. The van der Waals surface area contributed by atoms with Crippen molar-refractivity contribution in [2.75, 3.05) is 11.4 Å². The third-order valence-electron chi connectivity index (χ3n) is 2.98. The van der Waals surface area contributed by atoms with Crippen molar-refractivity contribution in [3.05, 3.63) is 59.9 Å². The minimum atomic E-state index is -4.04. The lowest BCUT2D eigenvalue weighted by Gasteiger charge is -2.22. The van der Waals surface area contributed by atoms with Crippen LogP contribution in [-0.4, -0.2) is 20.5 Å². The fraction of sp³-hybridized carbons (Fsp3) is 0.0714. The summed E-state index contributed by atoms with van der Waals surface area (Å²) in [6, 6.07) is 11.7. The van der Waals surface area contributed by atoms with Gasteiger partial charge in [0, 0.05) is 12.6 Å². The molecule has 7 heteroatoms. The van der Waals surface area contributed by atoms with Crippen molar-refractivity contribution in [2.24, 2.45) is 5.73 Å². The summed E-state index contributed by atoms with van der Waals surface area (Å²) in [5.41, 5.74) is 6.31. The molecule has 0 unspecified atom stereocenters. The van der Waals surface area contributed by atoms with E-state index in [2.05, 4.69) is 0 Å². The summed E-state index contributed by atoms with van der Waals surface area (Å²) in [7, 11) is -2.70. The zero-order valence-electron chi connectivity index (χ0n) is 11.2. The minimum absolute atomic E-state index is 0.0705. The molecule has 0 heterocycles. The van der Waals surface area contributed by atoms with E-state index in [0.717, 1.165) is 10.4 Å². The summed E-state index contributed by atoms with van der Waals surface area (Å²) in [5.74, 6) is -0.808. The van der Waals surface area contributed by atoms with Gasteiger partial charge < -0.3 is 5.73 Å². The first-order chi connectivity index (χ1) is 9.85. The lowest BCUT2D eigenvalue weighted by molar-refractivity contribution is 0.566. The van der Waals surface area contributed by atoms with Crippen molar-refractivity contribution < 1.29 is 12.8 Å². The topological polar surface area (TPSA) is 63.4 Å². The molecule has 2 aromatic carbocycles. The molecule has 0 amide bonds. The van der Waals surface area contributed by atoms with Gasteiger partial charge in [0.25, 0.3) is 10.0 Å². The number of nitrogens with zero attached hydrogens (tertiary/aromatic N) is 1. The zero-order chi connectivity index (χ0) is 15.6. The summed E-state index contributed by atoms with van der Waals surface area (Å²) in [5, 5.41) is 0. The molecular weight excluding hydrogens is 311 g/mol. The van der Waals surface area contributed by atoms with Gasteiger partial charge in [-0.3, -0.25) is 4.31 Å². The second-order valence-electron chi connectivity index (χ2n) is 4.28. The molecule has 21 heavy (non-hydrogen) atoms. The van der Waals surface area contributed by atoms with Crippen molar-refractivity contribution in [2.45, 2.75) is 4.90 Å². The smallest absolute Gasteiger partial charge is 0.267 e. The van der Waals surface area contributed by atoms with Crippen LogP contribution in [0.4, 0.5) is 10.1 Å². The maximum absolute atomic E-state index is 13.8. The van der Waals surface area contributed by atoms with E-state index in [4.69, 9.17) is 18.0 Å². The van der Waals surface area contributed by atoms with E-state index in [-0.39, 0.29) is 4.99 Å². The van der Waals surface area contributed by atoms with Crippen LogP contribution in [-0.2, 0) is 10.0 Å². The number of thiocarbonyl (C=S) groups is 1. The molecule has 0 saturated heterocycles. The minimum Gasteiger partial charge on any atom is -0.389 e. The van der Waals surface area contributed by atoms with E-state index in [1.54, 1.807) is 24.3 Å². The van der Waals surface area contributed by atoms with Crippen LogP contribution in [0.25, 0.3) is 0 Å². The second kappa shape index (κ2) is 5.79. The van der Waals surface area contributed by atoms with Crippen molar-refractivity contribution in [3.8, 4) is 0 Å². The Balaban J connectivity index is 2.57. The average Bonchev–Trinajstić information content (AvgIpc) is 2.46. The lowest BCUT2D eigenvalue weighted by atomic mass is 10.2. The molecule has 2 rings (SSSR count). The molecular formula is C14H13FN2O2S2. The Bertz CT molecular complexity index is 791. The van der Waals surface area contributed by atoms with E-state index in [9.17, 15) is 12.8 Å². The molecule has 0 aromatic heterocycles. The Morgan fingerprint density at radius 3 is 2.33 bits per heavy atom. The molecule has 0 aliphatic carbocycles. The first-order valence-corrected chi connectivity index (χ1v) is 7.83. The van der Waals surface area contributed by atoms with Crippen LogP contribution in [0.2, 0.25) is 0 Å². The summed E-state index contributed by atoms with van der Waals surface area (Å²) in [6.45, 7) is 0. The van der Waals surface area contributed by atoms with Gasteiger partial charge in [-0.05, 0) is 24.3 Å². The van der Waals surface area contributed by atoms with Crippen molar-refractivity contribution >= 4 is 32.9 Å². The Labute approximate surface area is 128 Å². The van der Waals surface area contributed by atoms with Crippen LogP contribution < -0.4 is 10.0 Å². The molecule has 4 nitrogen and oxygen atoms in total. The van der Waals surface area contributed by atoms with Crippen LogP contribution in [0.3, 0.4) is 0 Å². The van der Waals surface area contributed by atoms with E-state index in [1.165, 1.54) is 25.2 Å². The number of anilines is 1. The van der Waals surface area contributed by atoms with Gasteiger partial charge in [-0.25, -0.2) is 12.8 Å². The van der Waals surface area contributed by atoms with Gasteiger partial charge in [0.15, 0.2) is 0 Å². The van der Waals surface area contributed by atoms with Gasteiger partial charge in [-0.1, -0.05) is 36.5 Å². The summed E-state index contributed by atoms with van der Waals surface area (Å²) >= 11 is 4.92. The summed E-state index contributed by atoms with van der Waals surface area (Å²) < 4.78 is 39.8. The molecule has 2 N–H and O–H groups in total. The lowest BCUT2D eigenvalue weighted by Crippen LogP contribution is -2.29. The quantitative estimate of drug-likeness (QED) is 0.877. The van der Waals surface area contributed by atoms with E-state index in [0.29, 0.717) is 11.3 Å².